The summed E-state index contributed by atoms with van der Waals surface area (Å²) in [5, 5.41) is 6.59. The van der Waals surface area contributed by atoms with Crippen LogP contribution in [-0.4, -0.2) is 52.6 Å². The van der Waals surface area contributed by atoms with Crippen molar-refractivity contribution in [3.05, 3.63) is 35.4 Å². The first-order chi connectivity index (χ1) is 11.7. The van der Waals surface area contributed by atoms with Crippen molar-refractivity contribution in [3.63, 3.8) is 0 Å². The van der Waals surface area contributed by atoms with Gasteiger partial charge in [-0.05, 0) is 25.0 Å². The van der Waals surface area contributed by atoms with Gasteiger partial charge in [-0.2, -0.15) is 0 Å². The lowest BCUT2D eigenvalue weighted by Gasteiger charge is -2.17. The molecular formula is C18H31N3O3. The summed E-state index contributed by atoms with van der Waals surface area (Å²) in [4.78, 5) is 4.23. The molecule has 0 aliphatic carbocycles. The minimum atomic E-state index is 0.200. The number of nitrogens with zero attached hydrogens (tertiary/aromatic N) is 1. The Labute approximate surface area is 145 Å². The highest BCUT2D eigenvalue weighted by Crippen LogP contribution is 2.06. The summed E-state index contributed by atoms with van der Waals surface area (Å²) in [5.41, 5.74) is 2.34. The van der Waals surface area contributed by atoms with Crippen molar-refractivity contribution < 1.29 is 14.2 Å². The molecule has 0 radical (unpaired) electrons. The Morgan fingerprint density at radius 3 is 2.67 bits per heavy atom. The van der Waals surface area contributed by atoms with Gasteiger partial charge in [-0.15, -0.1) is 0 Å². The molecule has 0 aliphatic rings. The maximum absolute atomic E-state index is 5.61. The summed E-state index contributed by atoms with van der Waals surface area (Å²) in [5.74, 6) is 0.762. The van der Waals surface area contributed by atoms with E-state index in [1.807, 2.05) is 13.0 Å². The van der Waals surface area contributed by atoms with Crippen LogP contribution in [0, 0.1) is 0 Å². The average molecular weight is 337 g/mol. The van der Waals surface area contributed by atoms with Gasteiger partial charge in [0.15, 0.2) is 5.96 Å². The molecule has 1 atom stereocenters. The second kappa shape index (κ2) is 12.8. The van der Waals surface area contributed by atoms with E-state index in [-0.39, 0.29) is 6.04 Å². The van der Waals surface area contributed by atoms with E-state index in [0.29, 0.717) is 33.0 Å². The number of rotatable bonds is 11. The second-order valence-electron chi connectivity index (χ2n) is 5.50. The summed E-state index contributed by atoms with van der Waals surface area (Å²) in [6.07, 6.45) is 0. The van der Waals surface area contributed by atoms with Crippen LogP contribution in [0.2, 0.25) is 0 Å². The first-order valence-corrected chi connectivity index (χ1v) is 8.39. The van der Waals surface area contributed by atoms with Crippen LogP contribution in [0.1, 0.15) is 25.0 Å². The third-order valence-electron chi connectivity index (χ3n) is 3.32. The van der Waals surface area contributed by atoms with Crippen molar-refractivity contribution in [2.24, 2.45) is 4.99 Å². The highest BCUT2D eigenvalue weighted by Gasteiger charge is 2.04. The molecule has 0 amide bonds. The van der Waals surface area contributed by atoms with Gasteiger partial charge < -0.3 is 24.8 Å². The van der Waals surface area contributed by atoms with Gasteiger partial charge in [-0.3, -0.25) is 4.99 Å². The first kappa shape index (κ1) is 20.4. The number of ether oxygens (including phenoxy) is 3. The molecule has 1 aromatic rings. The fraction of sp³-hybridized carbons (Fsp3) is 0.611. The largest absolute Gasteiger partial charge is 0.383 e. The lowest BCUT2D eigenvalue weighted by molar-refractivity contribution is 0.0453. The predicted octanol–water partition coefficient (Wildman–Crippen LogP) is 1.94. The van der Waals surface area contributed by atoms with Crippen molar-refractivity contribution in [2.75, 3.05) is 40.6 Å². The van der Waals surface area contributed by atoms with Crippen LogP contribution < -0.4 is 10.6 Å². The minimum absolute atomic E-state index is 0.200. The molecule has 0 aromatic heterocycles. The lowest BCUT2D eigenvalue weighted by Crippen LogP contribution is -2.43. The number of benzene rings is 1. The molecular weight excluding hydrogens is 306 g/mol. The molecule has 0 saturated carbocycles. The lowest BCUT2D eigenvalue weighted by atomic mass is 10.1. The molecule has 2 N–H and O–H groups in total. The van der Waals surface area contributed by atoms with Crippen LogP contribution in [0.25, 0.3) is 0 Å². The number of guanidine groups is 1. The van der Waals surface area contributed by atoms with E-state index in [1.54, 1.807) is 14.2 Å². The topological polar surface area (TPSA) is 64.1 Å². The van der Waals surface area contributed by atoms with Gasteiger partial charge in [-0.25, -0.2) is 0 Å². The second-order valence-corrected chi connectivity index (χ2v) is 5.50. The summed E-state index contributed by atoms with van der Waals surface area (Å²) in [7, 11) is 3.45. The Morgan fingerprint density at radius 1 is 1.21 bits per heavy atom. The number of methoxy groups -OCH3 is 1. The predicted molar refractivity (Wildman–Crippen MR) is 97.3 cm³/mol. The van der Waals surface area contributed by atoms with E-state index in [0.717, 1.165) is 18.1 Å². The first-order valence-electron chi connectivity index (χ1n) is 8.39. The van der Waals surface area contributed by atoms with Gasteiger partial charge in [0.1, 0.15) is 0 Å². The quantitative estimate of drug-likeness (QED) is 0.367. The monoisotopic (exact) mass is 337 g/mol. The third-order valence-corrected chi connectivity index (χ3v) is 3.32. The van der Waals surface area contributed by atoms with Gasteiger partial charge in [0.25, 0.3) is 0 Å². The molecule has 1 unspecified atom stereocenters. The van der Waals surface area contributed by atoms with Gasteiger partial charge in [0.2, 0.25) is 0 Å². The van der Waals surface area contributed by atoms with Gasteiger partial charge in [-0.1, -0.05) is 24.3 Å². The normalized spacial score (nSPS) is 12.9. The van der Waals surface area contributed by atoms with Crippen molar-refractivity contribution >= 4 is 5.96 Å². The molecule has 24 heavy (non-hydrogen) atoms. The highest BCUT2D eigenvalue weighted by molar-refractivity contribution is 5.79. The fourth-order valence-electron chi connectivity index (χ4n) is 2.19. The molecule has 1 rings (SSSR count). The Morgan fingerprint density at radius 2 is 1.96 bits per heavy atom. The van der Waals surface area contributed by atoms with Crippen LogP contribution in [0.5, 0.6) is 0 Å². The van der Waals surface area contributed by atoms with Crippen LogP contribution in [-0.2, 0) is 27.4 Å². The van der Waals surface area contributed by atoms with Gasteiger partial charge in [0.05, 0.1) is 26.4 Å². The summed E-state index contributed by atoms with van der Waals surface area (Å²) < 4.78 is 16.0. The average Bonchev–Trinajstić information content (AvgIpc) is 2.59. The van der Waals surface area contributed by atoms with Crippen molar-refractivity contribution in [1.29, 1.82) is 0 Å². The highest BCUT2D eigenvalue weighted by atomic mass is 16.5. The van der Waals surface area contributed by atoms with Gasteiger partial charge >= 0.3 is 0 Å². The van der Waals surface area contributed by atoms with Crippen LogP contribution >= 0.6 is 0 Å². The van der Waals surface area contributed by atoms with Crippen molar-refractivity contribution in [2.45, 2.75) is 33.0 Å². The number of hydrogen-bond acceptors (Lipinski definition) is 4. The van der Waals surface area contributed by atoms with E-state index in [2.05, 4.69) is 40.7 Å². The Hall–Kier alpha value is -1.63. The molecule has 0 spiro atoms. The van der Waals surface area contributed by atoms with E-state index in [4.69, 9.17) is 14.2 Å². The minimum Gasteiger partial charge on any atom is -0.383 e. The van der Waals surface area contributed by atoms with Crippen LogP contribution in [0.3, 0.4) is 0 Å². The van der Waals surface area contributed by atoms with E-state index < -0.39 is 0 Å². The Balaban J connectivity index is 2.40. The summed E-state index contributed by atoms with van der Waals surface area (Å²) in [6, 6.07) is 8.54. The molecule has 0 heterocycles. The SMILES string of the molecule is CCOCCOCc1cccc(CNC(=NC)NC(C)COC)c1. The smallest absolute Gasteiger partial charge is 0.191 e. The zero-order chi connectivity index (χ0) is 17.6. The zero-order valence-electron chi connectivity index (χ0n) is 15.3. The third kappa shape index (κ3) is 8.86. The number of aliphatic imine (C=N–C) groups is 1. The van der Waals surface area contributed by atoms with E-state index in [9.17, 15) is 0 Å². The maximum atomic E-state index is 5.61. The molecule has 0 saturated heterocycles. The Bertz CT molecular complexity index is 480. The van der Waals surface area contributed by atoms with Gasteiger partial charge in [0, 0.05) is 33.4 Å². The van der Waals surface area contributed by atoms with E-state index >= 15 is 0 Å². The molecule has 0 aliphatic heterocycles. The number of nitrogens with one attached hydrogen (secondary N) is 2. The zero-order valence-corrected chi connectivity index (χ0v) is 15.3. The van der Waals surface area contributed by atoms with Crippen molar-refractivity contribution in [3.8, 4) is 0 Å². The molecule has 6 nitrogen and oxygen atoms in total. The Kier molecular flexibility index (Phi) is 10.8. The molecule has 1 aromatic carbocycles. The molecule has 136 valence electrons. The maximum Gasteiger partial charge on any atom is 0.191 e. The van der Waals surface area contributed by atoms with E-state index in [1.165, 1.54) is 5.56 Å². The molecule has 6 heteroatoms. The van der Waals surface area contributed by atoms with Crippen molar-refractivity contribution in [1.82, 2.24) is 10.6 Å². The standard InChI is InChI=1S/C18H31N3O3/c1-5-23-9-10-24-14-17-8-6-7-16(11-17)12-20-18(19-3)21-15(2)13-22-4/h6-8,11,15H,5,9-10,12-14H2,1-4H3,(H2,19,20,21). The number of hydrogen-bond donors (Lipinski definition) is 2. The summed E-state index contributed by atoms with van der Waals surface area (Å²) >= 11 is 0. The molecule has 0 bridgehead atoms. The molecule has 0 fully saturated rings. The van der Waals surface area contributed by atoms with Crippen LogP contribution in [0.15, 0.2) is 29.3 Å². The fourth-order valence-corrected chi connectivity index (χ4v) is 2.19. The summed E-state index contributed by atoms with van der Waals surface area (Å²) in [6.45, 7) is 7.94. The van der Waals surface area contributed by atoms with Crippen LogP contribution in [0.4, 0.5) is 0 Å².